The smallest absolute Gasteiger partial charge is 0.160 e. The second kappa shape index (κ2) is 11.3. The van der Waals surface area contributed by atoms with E-state index in [-0.39, 0.29) is 0 Å². The number of thiophene rings is 1. The minimum atomic E-state index is 0.463. The van der Waals surface area contributed by atoms with E-state index in [0.717, 1.165) is 27.8 Å². The second-order valence-electron chi connectivity index (χ2n) is 10.9. The fourth-order valence-corrected chi connectivity index (χ4v) is 7.20. The highest BCUT2D eigenvalue weighted by atomic mass is 32.1. The minimum absolute atomic E-state index is 0.463. The Morgan fingerprint density at radius 1 is 0.467 bits per heavy atom. The lowest BCUT2D eigenvalue weighted by atomic mass is 9.96. The molecule has 2 aromatic heterocycles. The molecule has 8 aromatic rings. The molecule has 0 bridgehead atoms. The van der Waals surface area contributed by atoms with E-state index in [0.29, 0.717) is 22.8 Å². The lowest BCUT2D eigenvalue weighted by Crippen LogP contribution is -2.01. The molecule has 6 aromatic carbocycles. The van der Waals surface area contributed by atoms with Crippen LogP contribution in [0.3, 0.4) is 0 Å². The van der Waals surface area contributed by atoms with Crippen LogP contribution in [0.15, 0.2) is 152 Å². The number of benzene rings is 6. The molecule has 0 saturated heterocycles. The Morgan fingerprint density at radius 2 is 1.04 bits per heavy atom. The summed E-state index contributed by atoms with van der Waals surface area (Å²) in [5, 5.41) is 13.0. The first-order valence-corrected chi connectivity index (χ1v) is 15.6. The van der Waals surface area contributed by atoms with E-state index in [2.05, 4.69) is 84.9 Å². The highest BCUT2D eigenvalue weighted by Gasteiger charge is 2.19. The van der Waals surface area contributed by atoms with Crippen LogP contribution in [0.4, 0.5) is 0 Å². The van der Waals surface area contributed by atoms with Gasteiger partial charge in [0.2, 0.25) is 0 Å². The van der Waals surface area contributed by atoms with E-state index in [1.807, 2.05) is 84.1 Å². The van der Waals surface area contributed by atoms with Crippen molar-refractivity contribution in [3.05, 3.63) is 157 Å². The Balaban J connectivity index is 1.22. The molecule has 0 spiro atoms. The van der Waals surface area contributed by atoms with Crippen molar-refractivity contribution in [3.8, 4) is 62.2 Å². The van der Waals surface area contributed by atoms with Crippen LogP contribution >= 0.6 is 11.3 Å². The van der Waals surface area contributed by atoms with Crippen LogP contribution < -0.4 is 0 Å². The van der Waals surface area contributed by atoms with Gasteiger partial charge in [0, 0.05) is 36.9 Å². The molecular formula is C41H25N3S. The van der Waals surface area contributed by atoms with Gasteiger partial charge in [0.25, 0.3) is 0 Å². The largest absolute Gasteiger partial charge is 0.227 e. The van der Waals surface area contributed by atoms with E-state index in [4.69, 9.17) is 9.97 Å². The third-order valence-electron chi connectivity index (χ3n) is 8.17. The average Bonchev–Trinajstić information content (AvgIpc) is 3.51. The van der Waals surface area contributed by atoms with E-state index >= 15 is 0 Å². The lowest BCUT2D eigenvalue weighted by molar-refractivity contribution is 1.17. The van der Waals surface area contributed by atoms with Gasteiger partial charge in [-0.15, -0.1) is 11.3 Å². The number of nitriles is 1. The Kier molecular flexibility index (Phi) is 6.72. The zero-order valence-electron chi connectivity index (χ0n) is 24.2. The molecule has 0 N–H and O–H groups in total. The molecule has 0 radical (unpaired) electrons. The Hall–Kier alpha value is -5.89. The summed E-state index contributed by atoms with van der Waals surface area (Å²) in [7, 11) is 0. The number of nitrogens with zero attached hydrogens (tertiary/aromatic N) is 3. The van der Waals surface area contributed by atoms with Crippen LogP contribution in [0.2, 0.25) is 0 Å². The normalized spacial score (nSPS) is 11.1. The van der Waals surface area contributed by atoms with Gasteiger partial charge in [-0.25, -0.2) is 9.97 Å². The monoisotopic (exact) mass is 591 g/mol. The van der Waals surface area contributed by atoms with Crippen molar-refractivity contribution in [2.75, 3.05) is 0 Å². The van der Waals surface area contributed by atoms with Crippen molar-refractivity contribution in [2.24, 2.45) is 0 Å². The Labute approximate surface area is 265 Å². The first-order valence-electron chi connectivity index (χ1n) is 14.8. The number of hydrogen-bond acceptors (Lipinski definition) is 4. The molecule has 0 unspecified atom stereocenters. The molecule has 2 heterocycles. The van der Waals surface area contributed by atoms with E-state index in [1.165, 1.54) is 31.3 Å². The molecule has 4 heteroatoms. The number of fused-ring (bicyclic) bond motifs is 3. The van der Waals surface area contributed by atoms with Gasteiger partial charge in [0.1, 0.15) is 11.6 Å². The summed E-state index contributed by atoms with van der Waals surface area (Å²) in [5.41, 5.74) is 8.98. The van der Waals surface area contributed by atoms with Crippen LogP contribution in [0.25, 0.3) is 76.3 Å². The SMILES string of the molecule is N#Cc1c(-c2ccccc2)nc(-c2ccccc2)nc1-c1cccc(-c2ccc(-c3cccc4c3sc3ccccc34)cc2)c1. The third kappa shape index (κ3) is 4.86. The van der Waals surface area contributed by atoms with Crippen LogP contribution in [-0.4, -0.2) is 9.97 Å². The summed E-state index contributed by atoms with van der Waals surface area (Å²) in [6.45, 7) is 0. The zero-order chi connectivity index (χ0) is 30.2. The van der Waals surface area contributed by atoms with Crippen LogP contribution in [0, 0.1) is 11.3 Å². The number of hydrogen-bond donors (Lipinski definition) is 0. The maximum Gasteiger partial charge on any atom is 0.160 e. The summed E-state index contributed by atoms with van der Waals surface area (Å²) in [4.78, 5) is 9.87. The van der Waals surface area contributed by atoms with Crippen molar-refractivity contribution in [1.29, 1.82) is 5.26 Å². The predicted octanol–water partition coefficient (Wildman–Crippen LogP) is 11.1. The Morgan fingerprint density at radius 3 is 1.80 bits per heavy atom. The maximum absolute atomic E-state index is 10.4. The molecular weight excluding hydrogens is 567 g/mol. The zero-order valence-corrected chi connectivity index (χ0v) is 25.0. The molecule has 0 amide bonds. The second-order valence-corrected chi connectivity index (χ2v) is 12.0. The topological polar surface area (TPSA) is 49.6 Å². The fourth-order valence-electron chi connectivity index (χ4n) is 5.96. The van der Waals surface area contributed by atoms with E-state index in [1.54, 1.807) is 0 Å². The molecule has 3 nitrogen and oxygen atoms in total. The van der Waals surface area contributed by atoms with E-state index in [9.17, 15) is 5.26 Å². The van der Waals surface area contributed by atoms with E-state index < -0.39 is 0 Å². The minimum Gasteiger partial charge on any atom is -0.227 e. The molecule has 0 atom stereocenters. The summed E-state index contributed by atoms with van der Waals surface area (Å²) in [6, 6.07) is 54.4. The first-order chi connectivity index (χ1) is 22.3. The quantitative estimate of drug-likeness (QED) is 0.200. The van der Waals surface area contributed by atoms with Gasteiger partial charge >= 0.3 is 0 Å². The van der Waals surface area contributed by atoms with Crippen LogP contribution in [0.5, 0.6) is 0 Å². The molecule has 210 valence electrons. The molecule has 0 aliphatic rings. The first kappa shape index (κ1) is 26.7. The standard InChI is InChI=1S/C41H25N3S/c42-26-36-38(29-11-3-1-4-12-29)43-41(30-13-5-2-6-14-30)44-39(36)32-16-9-15-31(25-32)27-21-23-28(24-22-27)33-18-10-19-35-34-17-7-8-20-37(34)45-40(33)35/h1-25H. The average molecular weight is 592 g/mol. The Bertz CT molecular complexity index is 2370. The number of aromatic nitrogens is 2. The van der Waals surface area contributed by atoms with Gasteiger partial charge in [0.15, 0.2) is 5.82 Å². The van der Waals surface area contributed by atoms with Crippen molar-refractivity contribution >= 4 is 31.5 Å². The maximum atomic E-state index is 10.4. The van der Waals surface area contributed by atoms with Gasteiger partial charge < -0.3 is 0 Å². The fraction of sp³-hybridized carbons (Fsp3) is 0. The summed E-state index contributed by atoms with van der Waals surface area (Å²) in [6.07, 6.45) is 0. The summed E-state index contributed by atoms with van der Waals surface area (Å²) < 4.78 is 2.62. The number of rotatable bonds is 5. The summed E-state index contributed by atoms with van der Waals surface area (Å²) >= 11 is 1.85. The van der Waals surface area contributed by atoms with Gasteiger partial charge in [0.05, 0.1) is 11.4 Å². The highest BCUT2D eigenvalue weighted by Crippen LogP contribution is 2.40. The van der Waals surface area contributed by atoms with Crippen molar-refractivity contribution in [3.63, 3.8) is 0 Å². The molecule has 0 aliphatic carbocycles. The van der Waals surface area contributed by atoms with Crippen molar-refractivity contribution in [1.82, 2.24) is 9.97 Å². The van der Waals surface area contributed by atoms with Gasteiger partial charge in [-0.3, -0.25) is 0 Å². The van der Waals surface area contributed by atoms with Crippen LogP contribution in [0.1, 0.15) is 5.56 Å². The highest BCUT2D eigenvalue weighted by molar-refractivity contribution is 7.26. The molecule has 8 rings (SSSR count). The van der Waals surface area contributed by atoms with Gasteiger partial charge in [-0.05, 0) is 34.4 Å². The predicted molar refractivity (Wildman–Crippen MR) is 187 cm³/mol. The summed E-state index contributed by atoms with van der Waals surface area (Å²) in [5.74, 6) is 0.591. The van der Waals surface area contributed by atoms with Crippen LogP contribution in [-0.2, 0) is 0 Å². The van der Waals surface area contributed by atoms with Gasteiger partial charge in [-0.2, -0.15) is 5.26 Å². The molecule has 0 fully saturated rings. The molecule has 45 heavy (non-hydrogen) atoms. The molecule has 0 aliphatic heterocycles. The third-order valence-corrected chi connectivity index (χ3v) is 9.39. The van der Waals surface area contributed by atoms with Crippen molar-refractivity contribution in [2.45, 2.75) is 0 Å². The van der Waals surface area contributed by atoms with Gasteiger partial charge in [-0.1, -0.05) is 140 Å². The van der Waals surface area contributed by atoms with Crippen molar-refractivity contribution < 1.29 is 0 Å². The molecule has 0 saturated carbocycles. The lowest BCUT2D eigenvalue weighted by Gasteiger charge is -2.13.